The van der Waals surface area contributed by atoms with Crippen molar-refractivity contribution in [2.75, 3.05) is 0 Å². The first-order valence-corrected chi connectivity index (χ1v) is 2.37. The van der Waals surface area contributed by atoms with Gasteiger partial charge in [-0.1, -0.05) is 6.58 Å². The second kappa shape index (κ2) is 2.77. The van der Waals surface area contributed by atoms with Crippen molar-refractivity contribution < 1.29 is 18.0 Å². The van der Waals surface area contributed by atoms with Gasteiger partial charge in [-0.25, -0.2) is 0 Å². The van der Waals surface area contributed by atoms with Crippen molar-refractivity contribution in [1.29, 1.82) is 0 Å². The zero-order valence-corrected chi connectivity index (χ0v) is 5.25. The fourth-order valence-electron chi connectivity index (χ4n) is 0.280. The highest BCUT2D eigenvalue weighted by Gasteiger charge is 2.35. The molecule has 0 saturated heterocycles. The summed E-state index contributed by atoms with van der Waals surface area (Å²) < 4.78 is 34.6. The highest BCUT2D eigenvalue weighted by molar-refractivity contribution is 6.18. The Morgan fingerprint density at radius 1 is 1.50 bits per heavy atom. The van der Waals surface area contributed by atoms with Crippen LogP contribution in [0.25, 0.3) is 0 Å². The highest BCUT2D eigenvalue weighted by atomic mass is 19.4. The molecule has 0 spiro atoms. The highest BCUT2D eigenvalue weighted by Crippen LogP contribution is 2.23. The summed E-state index contributed by atoms with van der Waals surface area (Å²) in [5.41, 5.74) is -1.38. The summed E-state index contributed by atoms with van der Waals surface area (Å²) >= 11 is 0. The van der Waals surface area contributed by atoms with Crippen LogP contribution in [0, 0.1) is 0 Å². The quantitative estimate of drug-likeness (QED) is 0.407. The molecule has 2 nitrogen and oxygen atoms in total. The van der Waals surface area contributed by atoms with Gasteiger partial charge < -0.3 is 5.23 Å². The topological polar surface area (TPSA) is 29.1 Å². The number of halogens is 3. The second-order valence-electron chi connectivity index (χ2n) is 1.56. The minimum atomic E-state index is -4.62. The predicted molar refractivity (Wildman–Crippen MR) is 31.9 cm³/mol. The van der Waals surface area contributed by atoms with Crippen LogP contribution in [0.5, 0.6) is 0 Å². The monoisotopic (exact) mass is 151 g/mol. The van der Waals surface area contributed by atoms with E-state index in [1.165, 1.54) is 0 Å². The molecule has 0 rings (SSSR count). The van der Waals surface area contributed by atoms with Crippen LogP contribution in [0.4, 0.5) is 13.2 Å². The van der Waals surface area contributed by atoms with Crippen molar-refractivity contribution in [3.05, 3.63) is 12.2 Å². The SMILES string of the molecule is BNC(=O)C(=C)C(F)(F)F. The number of hydrogen-bond donors (Lipinski definition) is 1. The molecule has 6 heteroatoms. The molecule has 0 atom stereocenters. The predicted octanol–water partition coefficient (Wildman–Crippen LogP) is -0.231. The van der Waals surface area contributed by atoms with Crippen LogP contribution in [0.2, 0.25) is 0 Å². The van der Waals surface area contributed by atoms with Crippen LogP contribution in [0.1, 0.15) is 0 Å². The molecule has 0 aliphatic carbocycles. The van der Waals surface area contributed by atoms with E-state index in [-0.39, 0.29) is 0 Å². The smallest absolute Gasteiger partial charge is 0.402 e. The summed E-state index contributed by atoms with van der Waals surface area (Å²) in [6.07, 6.45) is -4.62. The molecular formula is C4H5BF3NO. The van der Waals surface area contributed by atoms with E-state index in [0.717, 1.165) is 7.98 Å². The first kappa shape index (κ1) is 9.06. The number of rotatable bonds is 1. The van der Waals surface area contributed by atoms with Crippen molar-refractivity contribution in [2.24, 2.45) is 0 Å². The van der Waals surface area contributed by atoms with Gasteiger partial charge in [-0.15, -0.1) is 0 Å². The van der Waals surface area contributed by atoms with Crippen LogP contribution in [0.15, 0.2) is 12.2 Å². The number of amides is 1. The van der Waals surface area contributed by atoms with Crippen LogP contribution in [-0.4, -0.2) is 20.1 Å². The van der Waals surface area contributed by atoms with Gasteiger partial charge in [0.15, 0.2) is 0 Å². The summed E-state index contributed by atoms with van der Waals surface area (Å²) in [6, 6.07) is 0. The van der Waals surface area contributed by atoms with Gasteiger partial charge in [0.2, 0.25) is 13.9 Å². The van der Waals surface area contributed by atoms with Crippen molar-refractivity contribution in [3.8, 4) is 0 Å². The van der Waals surface area contributed by atoms with E-state index < -0.39 is 17.7 Å². The van der Waals surface area contributed by atoms with Crippen molar-refractivity contribution in [3.63, 3.8) is 0 Å². The Hall–Kier alpha value is -0.935. The molecule has 0 aromatic rings. The third-order valence-corrected chi connectivity index (χ3v) is 0.843. The second-order valence-corrected chi connectivity index (χ2v) is 1.56. The fraction of sp³-hybridized carbons (Fsp3) is 0.250. The molecule has 0 aliphatic rings. The summed E-state index contributed by atoms with van der Waals surface area (Å²) in [5.74, 6) is -1.20. The van der Waals surface area contributed by atoms with Crippen molar-refractivity contribution in [1.82, 2.24) is 5.23 Å². The van der Waals surface area contributed by atoms with Crippen LogP contribution < -0.4 is 5.23 Å². The Morgan fingerprint density at radius 2 is 1.90 bits per heavy atom. The van der Waals surface area contributed by atoms with Crippen LogP contribution in [-0.2, 0) is 4.79 Å². The van der Waals surface area contributed by atoms with Gasteiger partial charge >= 0.3 is 6.18 Å². The Labute approximate surface area is 56.5 Å². The first-order valence-electron chi connectivity index (χ1n) is 2.37. The standard InChI is InChI=1S/C4H5BF3NO/c1-2(3(10)9-5)4(6,7)8/h1,5H2,(H,9,10). The van der Waals surface area contributed by atoms with E-state index in [0.29, 0.717) is 0 Å². The molecule has 0 saturated carbocycles. The van der Waals surface area contributed by atoms with Gasteiger partial charge in [0.1, 0.15) is 5.57 Å². The van der Waals surface area contributed by atoms with E-state index >= 15 is 0 Å². The lowest BCUT2D eigenvalue weighted by atomic mass is 10.2. The van der Waals surface area contributed by atoms with Gasteiger partial charge in [0.05, 0.1) is 0 Å². The molecule has 0 bridgehead atoms. The van der Waals surface area contributed by atoms with Crippen LogP contribution in [0.3, 0.4) is 0 Å². The summed E-state index contributed by atoms with van der Waals surface area (Å²) in [5, 5.41) is 1.81. The van der Waals surface area contributed by atoms with Gasteiger partial charge in [-0.05, 0) is 0 Å². The number of carbonyl (C=O) groups excluding carboxylic acids is 1. The molecule has 0 heterocycles. The molecule has 1 amide bonds. The lowest BCUT2D eigenvalue weighted by Gasteiger charge is -2.06. The Kier molecular flexibility index (Phi) is 2.51. The third kappa shape index (κ3) is 2.12. The largest absolute Gasteiger partial charge is 0.421 e. The molecule has 0 aromatic heterocycles. The molecule has 56 valence electrons. The molecule has 0 fully saturated rings. The average molecular weight is 151 g/mol. The van der Waals surface area contributed by atoms with Gasteiger partial charge in [0, 0.05) is 0 Å². The maximum Gasteiger partial charge on any atom is 0.421 e. The van der Waals surface area contributed by atoms with Gasteiger partial charge in [-0.3, -0.25) is 4.79 Å². The van der Waals surface area contributed by atoms with E-state index in [9.17, 15) is 18.0 Å². The molecule has 0 unspecified atom stereocenters. The van der Waals surface area contributed by atoms with Crippen molar-refractivity contribution >= 4 is 13.9 Å². The first-order chi connectivity index (χ1) is 4.39. The lowest BCUT2D eigenvalue weighted by molar-refractivity contribution is -0.129. The average Bonchev–Trinajstić information content (AvgIpc) is 1.83. The van der Waals surface area contributed by atoms with Gasteiger partial charge in [0.25, 0.3) is 0 Å². The number of carbonyl (C=O) groups is 1. The van der Waals surface area contributed by atoms with E-state index in [4.69, 9.17) is 0 Å². The van der Waals surface area contributed by atoms with E-state index in [2.05, 4.69) is 6.58 Å². The molecular weight excluding hydrogens is 146 g/mol. The summed E-state index contributed by atoms with van der Waals surface area (Å²) in [4.78, 5) is 10.2. The Morgan fingerprint density at radius 3 is 2.00 bits per heavy atom. The number of hydrogen-bond acceptors (Lipinski definition) is 1. The fourth-order valence-corrected chi connectivity index (χ4v) is 0.280. The number of nitrogens with one attached hydrogen (secondary N) is 1. The maximum atomic E-state index is 11.5. The zero-order chi connectivity index (χ0) is 8.36. The number of alkyl halides is 3. The van der Waals surface area contributed by atoms with E-state index in [1.54, 1.807) is 0 Å². The van der Waals surface area contributed by atoms with Crippen molar-refractivity contribution in [2.45, 2.75) is 6.18 Å². The molecule has 0 radical (unpaired) electrons. The van der Waals surface area contributed by atoms with E-state index in [1.807, 2.05) is 5.23 Å². The maximum absolute atomic E-state index is 11.5. The minimum Gasteiger partial charge on any atom is -0.402 e. The Balaban J connectivity index is 4.24. The molecule has 0 aromatic carbocycles. The summed E-state index contributed by atoms with van der Waals surface area (Å²) in [7, 11) is 1.11. The zero-order valence-electron chi connectivity index (χ0n) is 5.25. The Bertz CT molecular complexity index is 164. The third-order valence-electron chi connectivity index (χ3n) is 0.843. The lowest BCUT2D eigenvalue weighted by Crippen LogP contribution is -2.29. The molecule has 1 N–H and O–H groups in total. The molecule has 10 heavy (non-hydrogen) atoms. The normalized spacial score (nSPS) is 10.7. The van der Waals surface area contributed by atoms with Gasteiger partial charge in [-0.2, -0.15) is 13.2 Å². The molecule has 0 aliphatic heterocycles. The van der Waals surface area contributed by atoms with Crippen LogP contribution >= 0.6 is 0 Å². The summed E-state index contributed by atoms with van der Waals surface area (Å²) in [6.45, 7) is 2.56. The minimum absolute atomic E-state index is 1.11.